The minimum atomic E-state index is -2.16. The number of nitrogens with zero attached hydrogens (tertiary/aromatic N) is 5. The summed E-state index contributed by atoms with van der Waals surface area (Å²) < 4.78 is 28.8. The van der Waals surface area contributed by atoms with Gasteiger partial charge in [-0.2, -0.15) is 0 Å². The van der Waals surface area contributed by atoms with Gasteiger partial charge in [0.15, 0.2) is 28.9 Å². The third-order valence-electron chi connectivity index (χ3n) is 6.56. The summed E-state index contributed by atoms with van der Waals surface area (Å²) >= 11 is 0. The van der Waals surface area contributed by atoms with Crippen LogP contribution in [0.3, 0.4) is 0 Å². The molecule has 1 unspecified atom stereocenters. The zero-order valence-electron chi connectivity index (χ0n) is 17.9. The van der Waals surface area contributed by atoms with Crippen molar-refractivity contribution < 1.29 is 28.9 Å². The first kappa shape index (κ1) is 21.8. The van der Waals surface area contributed by atoms with E-state index in [1.165, 1.54) is 31.1 Å². The number of carboxylic acid groups (broad SMARTS) is 1. The lowest BCUT2D eigenvalue weighted by Crippen LogP contribution is -2.51. The summed E-state index contributed by atoms with van der Waals surface area (Å²) in [7, 11) is 0. The van der Waals surface area contributed by atoms with E-state index in [1.54, 1.807) is 6.92 Å². The molecular weight excluding hydrogens is 409 g/mol. The lowest BCUT2D eigenvalue weighted by molar-refractivity contribution is -0.141. The molecule has 11 heteroatoms. The van der Waals surface area contributed by atoms with Crippen LogP contribution in [0.1, 0.15) is 39.8 Å². The van der Waals surface area contributed by atoms with E-state index >= 15 is 4.39 Å². The summed E-state index contributed by atoms with van der Waals surface area (Å²) in [6.07, 6.45) is 1.26. The molecule has 10 nitrogen and oxygen atoms in total. The Bertz CT molecular complexity index is 959. The zero-order chi connectivity index (χ0) is 22.4. The van der Waals surface area contributed by atoms with Gasteiger partial charge in [0.05, 0.1) is 31.6 Å². The fourth-order valence-electron chi connectivity index (χ4n) is 4.20. The first-order valence-corrected chi connectivity index (χ1v) is 10.4. The summed E-state index contributed by atoms with van der Waals surface area (Å²) in [6, 6.07) is 0. The van der Waals surface area contributed by atoms with Crippen molar-refractivity contribution in [2.24, 2.45) is 5.92 Å². The summed E-state index contributed by atoms with van der Waals surface area (Å²) in [5, 5.41) is 20.1. The molecule has 2 N–H and O–H groups in total. The number of fused-ring (bicyclic) bond motifs is 1. The number of hydrogen-bond acceptors (Lipinski definition) is 8. The third-order valence-corrected chi connectivity index (χ3v) is 6.56. The summed E-state index contributed by atoms with van der Waals surface area (Å²) in [5.41, 5.74) is -3.07. The normalized spacial score (nSPS) is 32.5. The van der Waals surface area contributed by atoms with Crippen LogP contribution in [0, 0.1) is 5.92 Å². The third kappa shape index (κ3) is 3.64. The monoisotopic (exact) mass is 437 g/mol. The van der Waals surface area contributed by atoms with Crippen LogP contribution in [0.15, 0.2) is 12.7 Å². The van der Waals surface area contributed by atoms with Crippen LogP contribution in [0.25, 0.3) is 11.2 Å². The standard InChI is InChI=1S/C20H28FN5O5/c1-12(17(27)28)4-5-13-20(3,29)19(2,21)18(31-13)26-11-24-14-15(22-10-23-16(14)26)25-6-8-30-9-7-25/h10-13,18,29H,4-9H2,1-3H3,(H,27,28)/t12?,13-,18-,19+,20-/m1/s1. The van der Waals surface area contributed by atoms with E-state index < -0.39 is 35.5 Å². The molecule has 0 radical (unpaired) electrons. The molecule has 0 aromatic carbocycles. The van der Waals surface area contributed by atoms with E-state index in [0.29, 0.717) is 43.3 Å². The quantitative estimate of drug-likeness (QED) is 0.693. The molecule has 4 rings (SSSR count). The second-order valence-corrected chi connectivity index (χ2v) is 8.64. The first-order chi connectivity index (χ1) is 14.6. The molecule has 0 amide bonds. The molecule has 170 valence electrons. The first-order valence-electron chi connectivity index (χ1n) is 10.4. The molecule has 0 spiro atoms. The molecule has 4 heterocycles. The number of carboxylic acids is 1. The van der Waals surface area contributed by atoms with Gasteiger partial charge in [0.1, 0.15) is 11.9 Å². The Morgan fingerprint density at radius 3 is 2.71 bits per heavy atom. The largest absolute Gasteiger partial charge is 0.481 e. The van der Waals surface area contributed by atoms with Crippen LogP contribution in [-0.4, -0.2) is 79.4 Å². The summed E-state index contributed by atoms with van der Waals surface area (Å²) in [5.74, 6) is -0.920. The van der Waals surface area contributed by atoms with Gasteiger partial charge in [-0.1, -0.05) is 6.92 Å². The lowest BCUT2D eigenvalue weighted by Gasteiger charge is -2.33. The molecule has 2 aliphatic heterocycles. The Morgan fingerprint density at radius 2 is 2.03 bits per heavy atom. The van der Waals surface area contributed by atoms with E-state index in [9.17, 15) is 9.90 Å². The second-order valence-electron chi connectivity index (χ2n) is 8.64. The highest BCUT2D eigenvalue weighted by Gasteiger charge is 2.63. The number of halogens is 1. The Balaban J connectivity index is 1.65. The van der Waals surface area contributed by atoms with Crippen molar-refractivity contribution in [3.8, 4) is 0 Å². The summed E-state index contributed by atoms with van der Waals surface area (Å²) in [6.45, 7) is 6.74. The van der Waals surface area contributed by atoms with Gasteiger partial charge in [-0.25, -0.2) is 19.3 Å². The van der Waals surface area contributed by atoms with E-state index in [2.05, 4.69) is 15.0 Å². The minimum Gasteiger partial charge on any atom is -0.481 e. The number of hydrogen-bond donors (Lipinski definition) is 2. The number of anilines is 1. The number of aromatic nitrogens is 4. The highest BCUT2D eigenvalue weighted by molar-refractivity contribution is 5.83. The molecule has 0 aliphatic carbocycles. The van der Waals surface area contributed by atoms with Gasteiger partial charge < -0.3 is 24.6 Å². The molecule has 2 aromatic heterocycles. The van der Waals surface area contributed by atoms with Crippen LogP contribution in [0.5, 0.6) is 0 Å². The minimum absolute atomic E-state index is 0.205. The fourth-order valence-corrected chi connectivity index (χ4v) is 4.20. The average molecular weight is 437 g/mol. The van der Waals surface area contributed by atoms with Crippen LogP contribution in [-0.2, 0) is 14.3 Å². The van der Waals surface area contributed by atoms with Crippen LogP contribution in [0.2, 0.25) is 0 Å². The molecule has 0 bridgehead atoms. The predicted molar refractivity (Wildman–Crippen MR) is 108 cm³/mol. The maximum absolute atomic E-state index is 15.9. The Hall–Kier alpha value is -2.37. The Morgan fingerprint density at radius 1 is 1.32 bits per heavy atom. The van der Waals surface area contributed by atoms with Crippen LogP contribution < -0.4 is 4.90 Å². The van der Waals surface area contributed by atoms with Crippen molar-refractivity contribution in [2.75, 3.05) is 31.2 Å². The number of imidazole rings is 1. The van der Waals surface area contributed by atoms with Gasteiger partial charge in [-0.15, -0.1) is 0 Å². The molecule has 31 heavy (non-hydrogen) atoms. The van der Waals surface area contributed by atoms with E-state index in [1.807, 2.05) is 4.90 Å². The maximum Gasteiger partial charge on any atom is 0.306 e. The topological polar surface area (TPSA) is 123 Å². The highest BCUT2D eigenvalue weighted by atomic mass is 19.1. The van der Waals surface area contributed by atoms with Crippen LogP contribution in [0.4, 0.5) is 10.2 Å². The molecule has 2 saturated heterocycles. The fraction of sp³-hybridized carbons (Fsp3) is 0.700. The van der Waals surface area contributed by atoms with Crippen molar-refractivity contribution in [1.82, 2.24) is 19.5 Å². The van der Waals surface area contributed by atoms with Gasteiger partial charge >= 0.3 is 5.97 Å². The van der Waals surface area contributed by atoms with E-state index in [4.69, 9.17) is 14.6 Å². The molecule has 2 aliphatic rings. The molecular formula is C20H28FN5O5. The second kappa shape index (κ2) is 7.95. The van der Waals surface area contributed by atoms with Gasteiger partial charge in [-0.05, 0) is 26.7 Å². The number of alkyl halides is 1. The van der Waals surface area contributed by atoms with Gasteiger partial charge in [0, 0.05) is 13.1 Å². The molecule has 0 saturated carbocycles. The SMILES string of the molecule is CC(CC[C@H]1O[C@@H](n2cnc3c(N4CCOCC4)ncnc32)[C@](C)(F)[C@]1(C)O)C(=O)O. The van der Waals surface area contributed by atoms with Gasteiger partial charge in [0.2, 0.25) is 0 Å². The van der Waals surface area contributed by atoms with E-state index in [0.717, 1.165) is 0 Å². The Kier molecular flexibility index (Phi) is 5.61. The number of morpholine rings is 1. The number of carbonyl (C=O) groups is 1. The lowest BCUT2D eigenvalue weighted by atomic mass is 9.82. The van der Waals surface area contributed by atoms with Crippen molar-refractivity contribution in [1.29, 1.82) is 0 Å². The summed E-state index contributed by atoms with van der Waals surface area (Å²) in [4.78, 5) is 26.3. The zero-order valence-corrected chi connectivity index (χ0v) is 17.9. The number of aliphatic carboxylic acids is 1. The van der Waals surface area contributed by atoms with Gasteiger partial charge in [0.25, 0.3) is 0 Å². The van der Waals surface area contributed by atoms with Crippen molar-refractivity contribution in [3.63, 3.8) is 0 Å². The van der Waals surface area contributed by atoms with Crippen molar-refractivity contribution in [2.45, 2.75) is 57.2 Å². The number of aliphatic hydroxyl groups is 1. The van der Waals surface area contributed by atoms with Crippen molar-refractivity contribution in [3.05, 3.63) is 12.7 Å². The number of rotatable bonds is 6. The van der Waals surface area contributed by atoms with E-state index in [-0.39, 0.29) is 12.8 Å². The van der Waals surface area contributed by atoms with Crippen molar-refractivity contribution >= 4 is 23.0 Å². The maximum atomic E-state index is 15.9. The molecule has 5 atom stereocenters. The smallest absolute Gasteiger partial charge is 0.306 e. The van der Waals surface area contributed by atoms with Crippen LogP contribution >= 0.6 is 0 Å². The molecule has 2 aromatic rings. The Labute approximate surface area is 179 Å². The predicted octanol–water partition coefficient (Wildman–Crippen LogP) is 1.54. The number of ether oxygens (including phenoxy) is 2. The van der Waals surface area contributed by atoms with Gasteiger partial charge in [-0.3, -0.25) is 9.36 Å². The average Bonchev–Trinajstić information content (AvgIpc) is 3.24. The highest BCUT2D eigenvalue weighted by Crippen LogP contribution is 2.50. The molecule has 2 fully saturated rings.